The van der Waals surface area contributed by atoms with Crippen LogP contribution in [0, 0.1) is 0 Å². The fourth-order valence-electron chi connectivity index (χ4n) is 2.23. The van der Waals surface area contributed by atoms with Crippen molar-refractivity contribution in [2.45, 2.75) is 30.8 Å². The van der Waals surface area contributed by atoms with E-state index in [1.807, 2.05) is 0 Å². The van der Waals surface area contributed by atoms with Gasteiger partial charge in [-0.15, -0.1) is 0 Å². The maximum atomic E-state index is 13.9. The van der Waals surface area contributed by atoms with E-state index < -0.39 is 22.8 Å². The van der Waals surface area contributed by atoms with Crippen LogP contribution in [0.1, 0.15) is 35.8 Å². The van der Waals surface area contributed by atoms with Gasteiger partial charge >= 0.3 is 0 Å². The number of primary amides is 1. The number of rotatable bonds is 3. The van der Waals surface area contributed by atoms with Gasteiger partial charge in [0.25, 0.3) is 0 Å². The van der Waals surface area contributed by atoms with Crippen LogP contribution in [-0.2, 0) is 10.2 Å². The van der Waals surface area contributed by atoms with E-state index in [2.05, 4.69) is 20.9 Å². The second-order valence-corrected chi connectivity index (χ2v) is 6.21. The lowest BCUT2D eigenvalue weighted by molar-refractivity contribution is -0.123. The second kappa shape index (κ2) is 4.00. The van der Waals surface area contributed by atoms with Crippen molar-refractivity contribution < 1.29 is 18.7 Å². The number of carbonyl (C=O) groups excluding carboxylic acids is 2. The topological polar surface area (TPSA) is 82.3 Å². The van der Waals surface area contributed by atoms with Crippen molar-refractivity contribution in [3.05, 3.63) is 21.9 Å². The largest absolute Gasteiger partial charge is 0.489 e. The molecule has 7 heteroatoms. The molecule has 1 saturated carbocycles. The van der Waals surface area contributed by atoms with Gasteiger partial charge in [-0.25, -0.2) is 9.37 Å². The highest BCUT2D eigenvalue weighted by Gasteiger charge is 2.52. The third-order valence-electron chi connectivity index (χ3n) is 3.90. The number of fused-ring (bicyclic) bond motifs is 1. The Morgan fingerprint density at radius 2 is 2.15 bits per heavy atom. The summed E-state index contributed by atoms with van der Waals surface area (Å²) in [5.74, 6) is -0.833. The molecule has 3 rings (SSSR count). The lowest BCUT2D eigenvalue weighted by atomic mass is 9.84. The smallest absolute Gasteiger partial charge is 0.231 e. The van der Waals surface area contributed by atoms with E-state index in [4.69, 9.17) is 10.5 Å². The van der Waals surface area contributed by atoms with Gasteiger partial charge in [-0.1, -0.05) is 0 Å². The van der Waals surface area contributed by atoms with Gasteiger partial charge in [0.05, 0.1) is 0 Å². The first-order valence-corrected chi connectivity index (χ1v) is 6.95. The number of nitrogens with zero attached hydrogens (tertiary/aromatic N) is 1. The Balaban J connectivity index is 2.12. The minimum Gasteiger partial charge on any atom is -0.489 e. The van der Waals surface area contributed by atoms with Crippen molar-refractivity contribution in [1.29, 1.82) is 0 Å². The molecule has 0 aromatic carbocycles. The predicted octanol–water partition coefficient (Wildman–Crippen LogP) is 1.66. The van der Waals surface area contributed by atoms with Crippen LogP contribution in [0.4, 0.5) is 4.39 Å². The molecule has 0 saturated heterocycles. The van der Waals surface area contributed by atoms with E-state index in [9.17, 15) is 14.0 Å². The lowest BCUT2D eigenvalue weighted by Gasteiger charge is -2.18. The summed E-state index contributed by atoms with van der Waals surface area (Å²) >= 11 is 3.19. The van der Waals surface area contributed by atoms with Crippen LogP contribution in [0.2, 0.25) is 0 Å². The first-order valence-electron chi connectivity index (χ1n) is 6.15. The van der Waals surface area contributed by atoms with Gasteiger partial charge in [0.1, 0.15) is 22.3 Å². The highest BCUT2D eigenvalue weighted by Crippen LogP contribution is 2.46. The molecule has 2 heterocycles. The molecule has 1 aliphatic carbocycles. The fourth-order valence-corrected chi connectivity index (χ4v) is 2.75. The molecular weight excluding hydrogens is 331 g/mol. The summed E-state index contributed by atoms with van der Waals surface area (Å²) in [6.07, 6.45) is 0.428. The van der Waals surface area contributed by atoms with Crippen LogP contribution >= 0.6 is 15.9 Å². The van der Waals surface area contributed by atoms with Crippen molar-refractivity contribution in [1.82, 2.24) is 4.98 Å². The van der Waals surface area contributed by atoms with Crippen LogP contribution < -0.4 is 10.5 Å². The van der Waals surface area contributed by atoms with Crippen molar-refractivity contribution in [2.24, 2.45) is 5.73 Å². The Morgan fingerprint density at radius 3 is 2.70 bits per heavy atom. The highest BCUT2D eigenvalue weighted by atomic mass is 79.9. The maximum absolute atomic E-state index is 13.9. The van der Waals surface area contributed by atoms with Gasteiger partial charge in [-0.05, 0) is 41.8 Å². The van der Waals surface area contributed by atoms with Crippen LogP contribution in [-0.4, -0.2) is 29.0 Å². The van der Waals surface area contributed by atoms with Gasteiger partial charge in [0, 0.05) is 5.56 Å². The predicted molar refractivity (Wildman–Crippen MR) is 71.4 cm³/mol. The summed E-state index contributed by atoms with van der Waals surface area (Å²) in [4.78, 5) is 27.7. The number of aromatic nitrogens is 1. The number of hydrogen-bond donors (Lipinski definition) is 1. The molecule has 0 bridgehead atoms. The molecule has 1 amide bonds. The third kappa shape index (κ3) is 1.76. The summed E-state index contributed by atoms with van der Waals surface area (Å²) in [5, 5.41) is 0. The Labute approximate surface area is 122 Å². The molecule has 1 aromatic heterocycles. The van der Waals surface area contributed by atoms with Crippen molar-refractivity contribution in [3.8, 4) is 5.75 Å². The standard InChI is InChI=1S/C13H12BrFN2O3/c1-12(11(16)19)5-20-8-6(12)4-7(17-10(8)14)9(18)13(15)2-3-13/h4H,2-3,5H2,1H3,(H2,16,19)/t12-/m0/s1. The zero-order valence-corrected chi connectivity index (χ0v) is 12.3. The van der Waals surface area contributed by atoms with Gasteiger partial charge < -0.3 is 10.5 Å². The summed E-state index contributed by atoms with van der Waals surface area (Å²) in [5.41, 5.74) is 3.03. The number of pyridine rings is 1. The van der Waals surface area contributed by atoms with E-state index in [1.165, 1.54) is 6.07 Å². The molecule has 0 radical (unpaired) electrons. The summed E-state index contributed by atoms with van der Waals surface area (Å²) in [6.45, 7) is 1.71. The number of alkyl halides is 1. The Morgan fingerprint density at radius 1 is 1.50 bits per heavy atom. The fraction of sp³-hybridized carbons (Fsp3) is 0.462. The van der Waals surface area contributed by atoms with Crippen LogP contribution in [0.25, 0.3) is 0 Å². The van der Waals surface area contributed by atoms with E-state index >= 15 is 0 Å². The normalized spacial score (nSPS) is 25.8. The first-order chi connectivity index (χ1) is 9.28. The van der Waals surface area contributed by atoms with Gasteiger partial charge in [-0.3, -0.25) is 9.59 Å². The number of ether oxygens (including phenoxy) is 1. The number of amides is 1. The highest BCUT2D eigenvalue weighted by molar-refractivity contribution is 9.10. The quantitative estimate of drug-likeness (QED) is 0.669. The van der Waals surface area contributed by atoms with E-state index in [1.54, 1.807) is 6.92 Å². The minimum atomic E-state index is -1.80. The van der Waals surface area contributed by atoms with Crippen molar-refractivity contribution >= 4 is 27.6 Å². The lowest BCUT2D eigenvalue weighted by Crippen LogP contribution is -2.40. The zero-order valence-electron chi connectivity index (χ0n) is 10.7. The molecule has 1 aromatic rings. The SMILES string of the molecule is C[C@]1(C(N)=O)COc2c1cc(C(=O)C1(F)CC1)nc2Br. The molecule has 5 nitrogen and oxygen atoms in total. The average Bonchev–Trinajstić information content (AvgIpc) is 3.04. The molecule has 2 aliphatic rings. The van der Waals surface area contributed by atoms with E-state index in [0.717, 1.165) is 0 Å². The summed E-state index contributed by atoms with van der Waals surface area (Å²) in [7, 11) is 0. The van der Waals surface area contributed by atoms with Crippen molar-refractivity contribution in [3.63, 3.8) is 0 Å². The number of ketones is 1. The second-order valence-electron chi connectivity index (χ2n) is 5.45. The summed E-state index contributed by atoms with van der Waals surface area (Å²) < 4.78 is 19.6. The third-order valence-corrected chi connectivity index (χ3v) is 4.44. The Hall–Kier alpha value is -1.50. The molecule has 0 unspecified atom stereocenters. The summed E-state index contributed by atoms with van der Waals surface area (Å²) in [6, 6.07) is 1.42. The number of carbonyl (C=O) groups is 2. The zero-order chi connectivity index (χ0) is 14.7. The van der Waals surface area contributed by atoms with Gasteiger partial charge in [0.2, 0.25) is 11.7 Å². The van der Waals surface area contributed by atoms with Crippen LogP contribution in [0.5, 0.6) is 5.75 Å². The minimum absolute atomic E-state index is 0.00593. The number of Topliss-reactive ketones (excluding diaryl/α,β-unsaturated/α-hetero) is 1. The molecule has 1 fully saturated rings. The number of halogens is 2. The Bertz CT molecular complexity index is 645. The monoisotopic (exact) mass is 342 g/mol. The number of nitrogens with two attached hydrogens (primary N) is 1. The molecule has 20 heavy (non-hydrogen) atoms. The van der Waals surface area contributed by atoms with Gasteiger partial charge in [-0.2, -0.15) is 0 Å². The molecule has 1 atom stereocenters. The van der Waals surface area contributed by atoms with Crippen LogP contribution in [0.3, 0.4) is 0 Å². The van der Waals surface area contributed by atoms with E-state index in [0.29, 0.717) is 11.3 Å². The van der Waals surface area contributed by atoms with Crippen LogP contribution in [0.15, 0.2) is 10.7 Å². The number of hydrogen-bond acceptors (Lipinski definition) is 4. The van der Waals surface area contributed by atoms with Gasteiger partial charge in [0.15, 0.2) is 11.4 Å². The van der Waals surface area contributed by atoms with Crippen molar-refractivity contribution in [2.75, 3.05) is 6.61 Å². The Kier molecular flexibility index (Phi) is 2.70. The average molecular weight is 343 g/mol. The molecule has 106 valence electrons. The molecular formula is C13H12BrFN2O3. The maximum Gasteiger partial charge on any atom is 0.231 e. The molecule has 0 spiro atoms. The molecule has 1 aliphatic heterocycles. The van der Waals surface area contributed by atoms with E-state index in [-0.39, 0.29) is 29.7 Å². The first kappa shape index (κ1) is 13.5. The molecule has 2 N–H and O–H groups in total.